The van der Waals surface area contributed by atoms with E-state index >= 15 is 0 Å². The number of ether oxygens (including phenoxy) is 1. The molecule has 0 amide bonds. The van der Waals surface area contributed by atoms with Crippen molar-refractivity contribution in [2.24, 2.45) is 21.5 Å². The molecule has 1 aromatic rings. The van der Waals surface area contributed by atoms with Crippen molar-refractivity contribution in [1.82, 2.24) is 5.06 Å². The summed E-state index contributed by atoms with van der Waals surface area (Å²) in [6, 6.07) is 7.56. The van der Waals surface area contributed by atoms with Gasteiger partial charge in [0.1, 0.15) is 0 Å². The molecule has 0 spiro atoms. The van der Waals surface area contributed by atoms with Crippen molar-refractivity contribution in [2.75, 3.05) is 13.2 Å². The van der Waals surface area contributed by atoms with Crippen LogP contribution >= 0.6 is 0 Å². The van der Waals surface area contributed by atoms with E-state index in [0.29, 0.717) is 18.8 Å². The lowest BCUT2D eigenvalue weighted by molar-refractivity contribution is -0.157. The number of hydrogen-bond acceptors (Lipinski definition) is 8. The number of esters is 1. The highest BCUT2D eigenvalue weighted by Gasteiger charge is 2.32. The molecular formula is C19H29N5O3. The predicted octanol–water partition coefficient (Wildman–Crippen LogP) is 2.19. The standard InChI is InChI=1S/C19H29N5O3/c1-4-26-16(25)15-11-9-14(10-12-15)8-6-5-7-13-27-24-18(21)22-17(20)23-19(24,2)3/h9-12H,4-8,13H2,1-3H3,(H4,20,21,22,23). The maximum Gasteiger partial charge on any atom is 0.338 e. The minimum Gasteiger partial charge on any atom is -0.462 e. The van der Waals surface area contributed by atoms with Crippen LogP contribution in [0.25, 0.3) is 0 Å². The molecule has 0 bridgehead atoms. The Morgan fingerprint density at radius 2 is 1.85 bits per heavy atom. The minimum atomic E-state index is -0.670. The molecular weight excluding hydrogens is 346 g/mol. The first-order valence-corrected chi connectivity index (χ1v) is 9.22. The average molecular weight is 375 g/mol. The van der Waals surface area contributed by atoms with Gasteiger partial charge in [-0.3, -0.25) is 4.84 Å². The van der Waals surface area contributed by atoms with Gasteiger partial charge in [-0.15, -0.1) is 0 Å². The van der Waals surface area contributed by atoms with Crippen molar-refractivity contribution in [3.05, 3.63) is 35.4 Å². The third kappa shape index (κ3) is 5.96. The third-order valence-corrected chi connectivity index (χ3v) is 4.12. The molecule has 1 aliphatic heterocycles. The molecule has 8 heteroatoms. The first kappa shape index (κ1) is 20.7. The normalized spacial score (nSPS) is 15.9. The number of hydrogen-bond donors (Lipinski definition) is 2. The molecule has 0 unspecified atom stereocenters. The SMILES string of the molecule is CCOC(=O)c1ccc(CCCCCON2C(N)=NC(N)=NC2(C)C)cc1. The molecule has 8 nitrogen and oxygen atoms in total. The molecule has 4 N–H and O–H groups in total. The highest BCUT2D eigenvalue weighted by molar-refractivity contribution is 5.95. The number of rotatable bonds is 9. The number of carbonyl (C=O) groups is 1. The van der Waals surface area contributed by atoms with Crippen LogP contribution in [0.2, 0.25) is 0 Å². The Kier molecular flexibility index (Phi) is 7.18. The monoisotopic (exact) mass is 375 g/mol. The summed E-state index contributed by atoms with van der Waals surface area (Å²) in [6.07, 6.45) is 3.87. The van der Waals surface area contributed by atoms with E-state index in [1.165, 1.54) is 10.6 Å². The Labute approximate surface area is 160 Å². The topological polar surface area (TPSA) is 116 Å². The van der Waals surface area contributed by atoms with Gasteiger partial charge in [0.15, 0.2) is 5.66 Å². The quantitative estimate of drug-likeness (QED) is 0.505. The van der Waals surface area contributed by atoms with Crippen molar-refractivity contribution in [2.45, 2.75) is 52.1 Å². The van der Waals surface area contributed by atoms with E-state index in [1.807, 2.05) is 38.1 Å². The third-order valence-electron chi connectivity index (χ3n) is 4.12. The number of benzene rings is 1. The minimum absolute atomic E-state index is 0.159. The zero-order valence-corrected chi connectivity index (χ0v) is 16.3. The van der Waals surface area contributed by atoms with Crippen LogP contribution in [0, 0.1) is 0 Å². The summed E-state index contributed by atoms with van der Waals surface area (Å²) < 4.78 is 4.98. The molecule has 1 aromatic carbocycles. The molecule has 0 aliphatic carbocycles. The maximum atomic E-state index is 11.6. The van der Waals surface area contributed by atoms with Gasteiger partial charge in [0.25, 0.3) is 0 Å². The van der Waals surface area contributed by atoms with E-state index in [9.17, 15) is 4.79 Å². The first-order valence-electron chi connectivity index (χ1n) is 9.22. The smallest absolute Gasteiger partial charge is 0.338 e. The Morgan fingerprint density at radius 1 is 1.15 bits per heavy atom. The van der Waals surface area contributed by atoms with Gasteiger partial charge in [-0.25, -0.2) is 9.79 Å². The largest absolute Gasteiger partial charge is 0.462 e. The van der Waals surface area contributed by atoms with Crippen LogP contribution < -0.4 is 11.5 Å². The first-order chi connectivity index (χ1) is 12.8. The fraction of sp³-hybridized carbons (Fsp3) is 0.526. The molecule has 2 rings (SSSR count). The second-order valence-corrected chi connectivity index (χ2v) is 6.79. The Morgan fingerprint density at radius 3 is 2.48 bits per heavy atom. The number of carbonyl (C=O) groups excluding carboxylic acids is 1. The van der Waals surface area contributed by atoms with Crippen molar-refractivity contribution < 1.29 is 14.4 Å². The Hall–Kier alpha value is -2.61. The van der Waals surface area contributed by atoms with Gasteiger partial charge in [0.2, 0.25) is 11.9 Å². The fourth-order valence-corrected chi connectivity index (χ4v) is 2.80. The van der Waals surface area contributed by atoms with Gasteiger partial charge in [0, 0.05) is 0 Å². The summed E-state index contributed by atoms with van der Waals surface area (Å²) in [5.74, 6) is 0.0938. The van der Waals surface area contributed by atoms with Crippen molar-refractivity contribution in [3.63, 3.8) is 0 Å². The Balaban J connectivity index is 1.68. The molecule has 0 saturated carbocycles. The summed E-state index contributed by atoms with van der Waals surface area (Å²) in [5.41, 5.74) is 12.6. The van der Waals surface area contributed by atoms with Gasteiger partial charge in [-0.1, -0.05) is 18.6 Å². The van der Waals surface area contributed by atoms with Crippen LogP contribution in [0.3, 0.4) is 0 Å². The fourth-order valence-electron chi connectivity index (χ4n) is 2.80. The zero-order chi connectivity index (χ0) is 19.9. The molecule has 0 atom stereocenters. The molecule has 0 radical (unpaired) electrons. The lowest BCUT2D eigenvalue weighted by Crippen LogP contribution is -2.53. The number of aryl methyl sites for hydroxylation is 1. The van der Waals surface area contributed by atoms with Gasteiger partial charge in [0.05, 0.1) is 18.8 Å². The van der Waals surface area contributed by atoms with E-state index < -0.39 is 5.66 Å². The summed E-state index contributed by atoms with van der Waals surface area (Å²) in [6.45, 7) is 6.43. The van der Waals surface area contributed by atoms with E-state index in [4.69, 9.17) is 21.0 Å². The summed E-state index contributed by atoms with van der Waals surface area (Å²) in [4.78, 5) is 25.5. The molecule has 0 fully saturated rings. The summed E-state index contributed by atoms with van der Waals surface area (Å²) in [7, 11) is 0. The van der Waals surface area contributed by atoms with E-state index in [-0.39, 0.29) is 17.9 Å². The molecule has 0 saturated heterocycles. The lowest BCUT2D eigenvalue weighted by Gasteiger charge is -2.36. The maximum absolute atomic E-state index is 11.6. The van der Waals surface area contributed by atoms with Crippen molar-refractivity contribution in [3.8, 4) is 0 Å². The number of nitrogens with two attached hydrogens (primary N) is 2. The molecule has 1 aliphatic rings. The van der Waals surface area contributed by atoms with Crippen LogP contribution in [-0.2, 0) is 16.0 Å². The number of unbranched alkanes of at least 4 members (excludes halogenated alkanes) is 2. The molecule has 1 heterocycles. The van der Waals surface area contributed by atoms with Crippen LogP contribution in [0.1, 0.15) is 56.0 Å². The van der Waals surface area contributed by atoms with Gasteiger partial charge in [-0.2, -0.15) is 10.1 Å². The Bertz CT molecular complexity index is 698. The number of hydroxylamine groups is 2. The average Bonchev–Trinajstić information content (AvgIpc) is 2.59. The van der Waals surface area contributed by atoms with Crippen LogP contribution in [0.15, 0.2) is 34.3 Å². The predicted molar refractivity (Wildman–Crippen MR) is 105 cm³/mol. The van der Waals surface area contributed by atoms with E-state index in [1.54, 1.807) is 6.92 Å². The highest BCUT2D eigenvalue weighted by atomic mass is 16.7. The molecule has 148 valence electrons. The lowest BCUT2D eigenvalue weighted by atomic mass is 10.1. The van der Waals surface area contributed by atoms with E-state index in [0.717, 1.165) is 25.7 Å². The number of aliphatic imine (C=N–C) groups is 2. The van der Waals surface area contributed by atoms with Crippen LogP contribution in [-0.4, -0.2) is 41.8 Å². The van der Waals surface area contributed by atoms with Crippen molar-refractivity contribution >= 4 is 17.9 Å². The number of guanidine groups is 2. The van der Waals surface area contributed by atoms with Crippen LogP contribution in [0.5, 0.6) is 0 Å². The van der Waals surface area contributed by atoms with Gasteiger partial charge >= 0.3 is 5.97 Å². The highest BCUT2D eigenvalue weighted by Crippen LogP contribution is 2.20. The second kappa shape index (κ2) is 9.36. The van der Waals surface area contributed by atoms with Gasteiger partial charge < -0.3 is 16.2 Å². The van der Waals surface area contributed by atoms with Crippen molar-refractivity contribution in [1.29, 1.82) is 0 Å². The zero-order valence-electron chi connectivity index (χ0n) is 16.3. The second-order valence-electron chi connectivity index (χ2n) is 6.79. The summed E-state index contributed by atoms with van der Waals surface area (Å²) in [5, 5.41) is 1.50. The molecule has 0 aromatic heterocycles. The number of nitrogens with zero attached hydrogens (tertiary/aromatic N) is 3. The van der Waals surface area contributed by atoms with Gasteiger partial charge in [-0.05, 0) is 57.7 Å². The molecule has 27 heavy (non-hydrogen) atoms. The van der Waals surface area contributed by atoms with Crippen LogP contribution in [0.4, 0.5) is 0 Å². The summed E-state index contributed by atoms with van der Waals surface area (Å²) >= 11 is 0. The van der Waals surface area contributed by atoms with E-state index in [2.05, 4.69) is 9.98 Å².